The van der Waals surface area contributed by atoms with Gasteiger partial charge in [-0.1, -0.05) is 0 Å². The van der Waals surface area contributed by atoms with Crippen molar-refractivity contribution < 1.29 is 14.6 Å². The van der Waals surface area contributed by atoms with Crippen LogP contribution < -0.4 is 0 Å². The highest BCUT2D eigenvalue weighted by Crippen LogP contribution is 2.24. The molecule has 0 spiro atoms. The molecule has 2 saturated heterocycles. The maximum atomic E-state index is 10.5. The van der Waals surface area contributed by atoms with E-state index in [0.717, 1.165) is 32.5 Å². The fourth-order valence-electron chi connectivity index (χ4n) is 2.51. The number of carboxylic acid groups (broad SMARTS) is 1. The fraction of sp³-hybridized carbons (Fsp3) is 0.909. The Balaban J connectivity index is 1.61. The lowest BCUT2D eigenvalue weighted by Crippen LogP contribution is -2.50. The Morgan fingerprint density at radius 3 is 2.73 bits per heavy atom. The maximum absolute atomic E-state index is 10.5. The quantitative estimate of drug-likeness (QED) is 0.755. The highest BCUT2D eigenvalue weighted by Gasteiger charge is 2.32. The van der Waals surface area contributed by atoms with E-state index in [9.17, 15) is 4.79 Å². The average Bonchev–Trinajstić information content (AvgIpc) is 2.47. The van der Waals surface area contributed by atoms with Gasteiger partial charge in [-0.3, -0.25) is 4.79 Å². The second-order valence-corrected chi connectivity index (χ2v) is 4.83. The van der Waals surface area contributed by atoms with Gasteiger partial charge in [-0.25, -0.2) is 0 Å². The summed E-state index contributed by atoms with van der Waals surface area (Å²) >= 11 is 0. The molecule has 0 radical (unpaired) electrons. The van der Waals surface area contributed by atoms with Gasteiger partial charge in [0.2, 0.25) is 0 Å². The van der Waals surface area contributed by atoms with Crippen LogP contribution in [0.3, 0.4) is 0 Å². The predicted molar refractivity (Wildman–Crippen MR) is 55.8 cm³/mol. The predicted octanol–water partition coefficient (Wildman–Crippen LogP) is 0.960. The summed E-state index contributed by atoms with van der Waals surface area (Å²) < 4.78 is 5.73. The minimum atomic E-state index is -0.676. The third-order valence-corrected chi connectivity index (χ3v) is 3.28. The highest BCUT2D eigenvalue weighted by molar-refractivity contribution is 5.67. The Bertz CT molecular complexity index is 238. The Hall–Kier alpha value is -0.610. The third-order valence-electron chi connectivity index (χ3n) is 3.28. The number of ether oxygens (including phenoxy) is 1. The molecule has 2 heterocycles. The van der Waals surface area contributed by atoms with E-state index in [-0.39, 0.29) is 0 Å². The molecule has 2 aliphatic rings. The molecule has 86 valence electrons. The van der Waals surface area contributed by atoms with Gasteiger partial charge in [-0.15, -0.1) is 0 Å². The largest absolute Gasteiger partial charge is 0.481 e. The summed E-state index contributed by atoms with van der Waals surface area (Å²) in [5.41, 5.74) is 0. The van der Waals surface area contributed by atoms with Crippen LogP contribution >= 0.6 is 0 Å². The lowest BCUT2D eigenvalue weighted by molar-refractivity contribution is -0.139. The summed E-state index contributed by atoms with van der Waals surface area (Å²) in [5.74, 6) is -0.313. The maximum Gasteiger partial charge on any atom is 0.303 e. The molecule has 4 heteroatoms. The molecule has 0 amide bonds. The second-order valence-electron chi connectivity index (χ2n) is 4.83. The highest BCUT2D eigenvalue weighted by atomic mass is 16.5. The minimum absolute atomic E-state index is 0.318. The van der Waals surface area contributed by atoms with Crippen LogP contribution in [0.1, 0.15) is 26.2 Å². The number of rotatable bonds is 4. The Kier molecular flexibility index (Phi) is 3.26. The SMILES string of the molecule is CC1CCC(CN2CC(CC(=O)O)C2)O1. The first-order valence-electron chi connectivity index (χ1n) is 5.73. The molecule has 2 aliphatic heterocycles. The summed E-state index contributed by atoms with van der Waals surface area (Å²) in [7, 11) is 0. The van der Waals surface area contributed by atoms with E-state index >= 15 is 0 Å². The molecule has 0 bridgehead atoms. The number of likely N-dealkylation sites (tertiary alicyclic amines) is 1. The van der Waals surface area contributed by atoms with Crippen LogP contribution in [-0.2, 0) is 9.53 Å². The number of nitrogens with zero attached hydrogens (tertiary/aromatic N) is 1. The molecule has 0 aromatic carbocycles. The van der Waals surface area contributed by atoms with Gasteiger partial charge in [0.05, 0.1) is 18.6 Å². The van der Waals surface area contributed by atoms with Gasteiger partial charge in [0.15, 0.2) is 0 Å². The monoisotopic (exact) mass is 213 g/mol. The summed E-state index contributed by atoms with van der Waals surface area (Å²) in [5, 5.41) is 8.61. The molecule has 15 heavy (non-hydrogen) atoms. The number of carboxylic acids is 1. The van der Waals surface area contributed by atoms with Crippen molar-refractivity contribution in [3.63, 3.8) is 0 Å². The first-order valence-corrected chi connectivity index (χ1v) is 5.73. The molecule has 2 unspecified atom stereocenters. The molecule has 0 aromatic heterocycles. The molecule has 2 rings (SSSR count). The van der Waals surface area contributed by atoms with Crippen molar-refractivity contribution in [1.82, 2.24) is 4.90 Å². The molecule has 1 N–H and O–H groups in total. The lowest BCUT2D eigenvalue weighted by atomic mass is 9.96. The van der Waals surface area contributed by atoms with Gasteiger partial charge in [-0.05, 0) is 25.7 Å². The number of hydrogen-bond donors (Lipinski definition) is 1. The van der Waals surface area contributed by atoms with E-state index in [1.165, 1.54) is 0 Å². The van der Waals surface area contributed by atoms with Crippen molar-refractivity contribution in [3.8, 4) is 0 Å². The van der Waals surface area contributed by atoms with Crippen LogP contribution in [0.25, 0.3) is 0 Å². The molecular weight excluding hydrogens is 194 g/mol. The van der Waals surface area contributed by atoms with Crippen LogP contribution in [0.15, 0.2) is 0 Å². The molecule has 2 fully saturated rings. The van der Waals surface area contributed by atoms with Gasteiger partial charge in [0.25, 0.3) is 0 Å². The summed E-state index contributed by atoms with van der Waals surface area (Å²) in [6, 6.07) is 0. The molecule has 0 aromatic rings. The third kappa shape index (κ3) is 2.92. The van der Waals surface area contributed by atoms with Crippen molar-refractivity contribution in [2.24, 2.45) is 5.92 Å². The first kappa shape index (κ1) is 10.9. The van der Waals surface area contributed by atoms with Gasteiger partial charge >= 0.3 is 5.97 Å². The summed E-state index contributed by atoms with van der Waals surface area (Å²) in [6.07, 6.45) is 3.42. The van der Waals surface area contributed by atoms with E-state index in [1.54, 1.807) is 0 Å². The fourth-order valence-corrected chi connectivity index (χ4v) is 2.51. The Labute approximate surface area is 90.2 Å². The normalized spacial score (nSPS) is 32.9. The molecule has 2 atom stereocenters. The van der Waals surface area contributed by atoms with Gasteiger partial charge in [-0.2, -0.15) is 0 Å². The molecule has 0 aliphatic carbocycles. The molecule has 0 saturated carbocycles. The topological polar surface area (TPSA) is 49.8 Å². The zero-order valence-electron chi connectivity index (χ0n) is 9.19. The van der Waals surface area contributed by atoms with Crippen molar-refractivity contribution in [3.05, 3.63) is 0 Å². The standard InChI is InChI=1S/C11H19NO3/c1-8-2-3-10(15-8)7-12-5-9(6-12)4-11(13)14/h8-10H,2-7H2,1H3,(H,13,14). The van der Waals surface area contributed by atoms with E-state index < -0.39 is 5.97 Å². The Morgan fingerprint density at radius 1 is 1.47 bits per heavy atom. The molecular formula is C11H19NO3. The van der Waals surface area contributed by atoms with Crippen LogP contribution in [0.2, 0.25) is 0 Å². The van der Waals surface area contributed by atoms with Gasteiger partial charge in [0, 0.05) is 19.6 Å². The van der Waals surface area contributed by atoms with Crippen LogP contribution in [0.4, 0.5) is 0 Å². The van der Waals surface area contributed by atoms with E-state index in [4.69, 9.17) is 9.84 Å². The van der Waals surface area contributed by atoms with E-state index in [2.05, 4.69) is 11.8 Å². The van der Waals surface area contributed by atoms with Crippen molar-refractivity contribution in [1.29, 1.82) is 0 Å². The van der Waals surface area contributed by atoms with Crippen LogP contribution in [-0.4, -0.2) is 47.8 Å². The minimum Gasteiger partial charge on any atom is -0.481 e. The van der Waals surface area contributed by atoms with Gasteiger partial charge in [0.1, 0.15) is 0 Å². The second kappa shape index (κ2) is 4.49. The average molecular weight is 213 g/mol. The van der Waals surface area contributed by atoms with Crippen molar-refractivity contribution >= 4 is 5.97 Å². The number of aliphatic carboxylic acids is 1. The zero-order valence-corrected chi connectivity index (χ0v) is 9.19. The Morgan fingerprint density at radius 2 is 2.20 bits per heavy atom. The van der Waals surface area contributed by atoms with E-state index in [0.29, 0.717) is 24.5 Å². The lowest BCUT2D eigenvalue weighted by Gasteiger charge is -2.39. The number of carbonyl (C=O) groups is 1. The summed E-state index contributed by atoms with van der Waals surface area (Å²) in [6.45, 7) is 4.96. The number of hydrogen-bond acceptors (Lipinski definition) is 3. The van der Waals surface area contributed by atoms with E-state index in [1.807, 2.05) is 0 Å². The van der Waals surface area contributed by atoms with Gasteiger partial charge < -0.3 is 14.7 Å². The molecule has 4 nitrogen and oxygen atoms in total. The van der Waals surface area contributed by atoms with Crippen LogP contribution in [0, 0.1) is 5.92 Å². The zero-order chi connectivity index (χ0) is 10.8. The smallest absolute Gasteiger partial charge is 0.303 e. The van der Waals surface area contributed by atoms with Crippen molar-refractivity contribution in [2.45, 2.75) is 38.4 Å². The first-order chi connectivity index (χ1) is 7.13. The van der Waals surface area contributed by atoms with Crippen LogP contribution in [0.5, 0.6) is 0 Å². The van der Waals surface area contributed by atoms with Crippen molar-refractivity contribution in [2.75, 3.05) is 19.6 Å². The summed E-state index contributed by atoms with van der Waals surface area (Å²) in [4.78, 5) is 12.8.